The molecule has 5 aliphatic rings. The van der Waals surface area contributed by atoms with E-state index in [9.17, 15) is 9.59 Å². The smallest absolute Gasteiger partial charge is 0.311 e. The largest absolute Gasteiger partial charge is 0.469 e. The predicted octanol–water partition coefficient (Wildman–Crippen LogP) is 6.84. The third kappa shape index (κ3) is 2.95. The van der Waals surface area contributed by atoms with E-state index in [0.29, 0.717) is 11.7 Å². The van der Waals surface area contributed by atoms with Crippen molar-refractivity contribution in [1.82, 2.24) is 5.16 Å². The number of ether oxygens (including phenoxy) is 1. The SMILES string of the molecule is COC(=O)[C@@]1(C)CC[C@]2(C)CC[C@]3(C)C(=CC(=O)[C@@H]4[C@@]5(C)Cc6cnoc6C(C)(C)[C@@H]5CC[C@]43C)[C@H]2C1. The molecule has 1 aromatic rings. The highest BCUT2D eigenvalue weighted by Crippen LogP contribution is 2.74. The Morgan fingerprint density at radius 3 is 2.43 bits per heavy atom. The fourth-order valence-electron chi connectivity index (χ4n) is 10.9. The number of ketones is 1. The Morgan fingerprint density at radius 1 is 1.03 bits per heavy atom. The molecule has 3 saturated carbocycles. The number of carbonyl (C=O) groups is 2. The zero-order valence-electron chi connectivity index (χ0n) is 24.1. The maximum Gasteiger partial charge on any atom is 0.311 e. The first-order valence-corrected chi connectivity index (χ1v) is 14.4. The Morgan fingerprint density at radius 2 is 1.73 bits per heavy atom. The van der Waals surface area contributed by atoms with Gasteiger partial charge in [0, 0.05) is 16.9 Å². The van der Waals surface area contributed by atoms with Gasteiger partial charge in [-0.1, -0.05) is 52.3 Å². The lowest BCUT2D eigenvalue weighted by atomic mass is 9.33. The molecule has 0 saturated heterocycles. The molecule has 8 atom stereocenters. The summed E-state index contributed by atoms with van der Waals surface area (Å²) in [6, 6.07) is 0. The second-order valence-corrected chi connectivity index (χ2v) is 15.3. The van der Waals surface area contributed by atoms with Gasteiger partial charge in [-0.15, -0.1) is 0 Å². The van der Waals surface area contributed by atoms with Crippen LogP contribution in [0.4, 0.5) is 0 Å². The molecular formula is C32H45NO4. The zero-order chi connectivity index (χ0) is 26.8. The predicted molar refractivity (Wildman–Crippen MR) is 142 cm³/mol. The number of hydrogen-bond acceptors (Lipinski definition) is 5. The molecule has 37 heavy (non-hydrogen) atoms. The van der Waals surface area contributed by atoms with E-state index in [-0.39, 0.29) is 44.9 Å². The fraction of sp³-hybridized carbons (Fsp3) is 0.781. The van der Waals surface area contributed by atoms with Crippen LogP contribution in [-0.4, -0.2) is 24.0 Å². The third-order valence-electron chi connectivity index (χ3n) is 13.2. The van der Waals surface area contributed by atoms with E-state index in [1.165, 1.54) is 18.2 Å². The average molecular weight is 508 g/mol. The number of carbonyl (C=O) groups excluding carboxylic acids is 2. The molecule has 0 aliphatic heterocycles. The Bertz CT molecular complexity index is 1210. The first kappa shape index (κ1) is 25.4. The third-order valence-corrected chi connectivity index (χ3v) is 13.2. The summed E-state index contributed by atoms with van der Waals surface area (Å²) in [7, 11) is 1.51. The minimum absolute atomic E-state index is 0.0326. The molecule has 5 nitrogen and oxygen atoms in total. The van der Waals surface area contributed by atoms with E-state index < -0.39 is 5.41 Å². The van der Waals surface area contributed by atoms with E-state index in [1.54, 1.807) is 0 Å². The Kier molecular flexibility index (Phi) is 5.06. The van der Waals surface area contributed by atoms with E-state index in [2.05, 4.69) is 59.7 Å². The minimum Gasteiger partial charge on any atom is -0.469 e. The lowest BCUT2D eigenvalue weighted by molar-refractivity contribution is -0.175. The zero-order valence-corrected chi connectivity index (χ0v) is 24.1. The molecule has 3 fully saturated rings. The van der Waals surface area contributed by atoms with Crippen molar-refractivity contribution in [1.29, 1.82) is 0 Å². The van der Waals surface area contributed by atoms with Gasteiger partial charge in [0.15, 0.2) is 5.78 Å². The van der Waals surface area contributed by atoms with Crippen molar-refractivity contribution in [3.8, 4) is 0 Å². The molecule has 0 aromatic carbocycles. The van der Waals surface area contributed by atoms with E-state index >= 15 is 0 Å². The van der Waals surface area contributed by atoms with Gasteiger partial charge in [0.25, 0.3) is 0 Å². The summed E-state index contributed by atoms with van der Waals surface area (Å²) >= 11 is 0. The van der Waals surface area contributed by atoms with Crippen LogP contribution >= 0.6 is 0 Å². The van der Waals surface area contributed by atoms with E-state index in [1.807, 2.05) is 6.20 Å². The fourth-order valence-corrected chi connectivity index (χ4v) is 10.9. The number of esters is 1. The van der Waals surface area contributed by atoms with Crippen molar-refractivity contribution in [2.24, 2.45) is 44.8 Å². The summed E-state index contributed by atoms with van der Waals surface area (Å²) in [4.78, 5) is 27.4. The molecular weight excluding hydrogens is 462 g/mol. The molecule has 202 valence electrons. The first-order valence-electron chi connectivity index (χ1n) is 14.4. The molecule has 5 aliphatic carbocycles. The van der Waals surface area contributed by atoms with Gasteiger partial charge in [0.1, 0.15) is 5.76 Å². The topological polar surface area (TPSA) is 69.4 Å². The highest BCUT2D eigenvalue weighted by molar-refractivity contribution is 5.96. The van der Waals surface area contributed by atoms with Gasteiger partial charge in [0.05, 0.1) is 18.7 Å². The van der Waals surface area contributed by atoms with E-state index in [0.717, 1.165) is 57.1 Å². The highest BCUT2D eigenvalue weighted by Gasteiger charge is 2.70. The maximum atomic E-state index is 14.5. The van der Waals surface area contributed by atoms with Crippen LogP contribution in [-0.2, 0) is 26.2 Å². The molecule has 5 heteroatoms. The molecule has 0 spiro atoms. The van der Waals surface area contributed by atoms with Gasteiger partial charge in [-0.3, -0.25) is 9.59 Å². The maximum absolute atomic E-state index is 14.5. The van der Waals surface area contributed by atoms with Gasteiger partial charge < -0.3 is 9.26 Å². The second kappa shape index (κ2) is 7.39. The van der Waals surface area contributed by atoms with Crippen molar-refractivity contribution in [3.05, 3.63) is 29.2 Å². The Hall–Kier alpha value is -1.91. The molecule has 0 N–H and O–H groups in total. The summed E-state index contributed by atoms with van der Waals surface area (Å²) in [6.07, 6.45) is 11.9. The number of aromatic nitrogens is 1. The van der Waals surface area contributed by atoms with Gasteiger partial charge in [-0.2, -0.15) is 0 Å². The van der Waals surface area contributed by atoms with Crippen LogP contribution in [0, 0.1) is 44.8 Å². The number of fused-ring (bicyclic) bond motifs is 8. The normalized spacial score (nSPS) is 47.9. The molecule has 0 radical (unpaired) electrons. The van der Waals surface area contributed by atoms with Crippen LogP contribution in [0.2, 0.25) is 0 Å². The summed E-state index contributed by atoms with van der Waals surface area (Å²) < 4.78 is 11.1. The molecule has 6 rings (SSSR count). The quantitative estimate of drug-likeness (QED) is 0.389. The summed E-state index contributed by atoms with van der Waals surface area (Å²) in [5, 5.41) is 4.19. The minimum atomic E-state index is -0.486. The highest BCUT2D eigenvalue weighted by atomic mass is 16.5. The first-order chi connectivity index (χ1) is 17.2. The van der Waals surface area contributed by atoms with Crippen molar-refractivity contribution in [2.75, 3.05) is 7.11 Å². The van der Waals surface area contributed by atoms with Gasteiger partial charge >= 0.3 is 5.97 Å². The van der Waals surface area contributed by atoms with Crippen molar-refractivity contribution in [2.45, 2.75) is 105 Å². The average Bonchev–Trinajstić information content (AvgIpc) is 3.29. The second-order valence-electron chi connectivity index (χ2n) is 15.3. The number of allylic oxidation sites excluding steroid dienone is 2. The van der Waals surface area contributed by atoms with Crippen molar-refractivity contribution < 1.29 is 18.8 Å². The monoisotopic (exact) mass is 507 g/mol. The van der Waals surface area contributed by atoms with E-state index in [4.69, 9.17) is 9.26 Å². The van der Waals surface area contributed by atoms with Crippen LogP contribution < -0.4 is 0 Å². The van der Waals surface area contributed by atoms with Crippen LogP contribution in [0.15, 0.2) is 22.4 Å². The molecule has 0 unspecified atom stereocenters. The van der Waals surface area contributed by atoms with Crippen LogP contribution in [0.3, 0.4) is 0 Å². The number of methoxy groups -OCH3 is 1. The Labute approximate surface area is 222 Å². The van der Waals surface area contributed by atoms with Crippen LogP contribution in [0.1, 0.15) is 105 Å². The standard InChI is InChI=1S/C32H45NO4/c1-27(2)23-9-10-32(7)24(30(23,5)16-19-18-33-37-25(19)27)22(34)15-20-21-17-29(4,26(35)36-8)12-11-28(21,3)13-14-31(20,32)6/h15,18,21,23-24H,9-14,16-17H2,1-8H3/t21-,23+,24-,28-,29+,30+,31-,32-/m1/s1. The van der Waals surface area contributed by atoms with Gasteiger partial charge in [-0.25, -0.2) is 0 Å². The summed E-state index contributed by atoms with van der Waals surface area (Å²) in [5.74, 6) is 1.80. The number of hydrogen-bond donors (Lipinski definition) is 0. The molecule has 1 heterocycles. The summed E-state index contributed by atoms with van der Waals surface area (Å²) in [5.41, 5.74) is 1.68. The lowest BCUT2D eigenvalue weighted by Gasteiger charge is -2.69. The number of rotatable bonds is 1. The lowest BCUT2D eigenvalue weighted by Crippen LogP contribution is -2.66. The van der Waals surface area contributed by atoms with Gasteiger partial charge in [0.2, 0.25) is 0 Å². The molecule has 0 bridgehead atoms. The van der Waals surface area contributed by atoms with Crippen LogP contribution in [0.5, 0.6) is 0 Å². The Balaban J connectivity index is 1.47. The summed E-state index contributed by atoms with van der Waals surface area (Å²) in [6.45, 7) is 16.4. The molecule has 0 amide bonds. The van der Waals surface area contributed by atoms with Gasteiger partial charge in [-0.05, 0) is 97.9 Å². The van der Waals surface area contributed by atoms with Crippen LogP contribution in [0.25, 0.3) is 0 Å². The van der Waals surface area contributed by atoms with Crippen molar-refractivity contribution >= 4 is 11.8 Å². The molecule has 1 aromatic heterocycles. The number of nitrogens with zero attached hydrogens (tertiary/aromatic N) is 1. The van der Waals surface area contributed by atoms with Crippen molar-refractivity contribution in [3.63, 3.8) is 0 Å².